The first-order valence-electron chi connectivity index (χ1n) is 6.51. The molecule has 98 valence electrons. The smallest absolute Gasteiger partial charge is 0.0464 e. The molecule has 2 unspecified atom stereocenters. The molecule has 0 aliphatic carbocycles. The molecule has 2 heteroatoms. The Kier molecular flexibility index (Phi) is 7.25. The standard InChI is InChI=1S/C14H31NO/c1-11(2)15-10-13(14(4,5)6)12(3)8-9-16-7/h11-13,15H,8-10H2,1-7H3. The van der Waals surface area contributed by atoms with Crippen LogP contribution in [0.25, 0.3) is 0 Å². The number of hydrogen-bond donors (Lipinski definition) is 1. The zero-order valence-electron chi connectivity index (χ0n) is 12.3. The highest BCUT2D eigenvalue weighted by atomic mass is 16.5. The fourth-order valence-electron chi connectivity index (χ4n) is 2.23. The highest BCUT2D eigenvalue weighted by Gasteiger charge is 2.29. The molecular formula is C14H31NO. The van der Waals surface area contributed by atoms with E-state index in [0.29, 0.717) is 23.3 Å². The van der Waals surface area contributed by atoms with Crippen LogP contribution in [0, 0.1) is 17.3 Å². The first-order chi connectivity index (χ1) is 7.29. The van der Waals surface area contributed by atoms with Gasteiger partial charge in [-0.25, -0.2) is 0 Å². The SMILES string of the molecule is COCCC(C)C(CNC(C)C)C(C)(C)C. The average Bonchev–Trinajstić information content (AvgIpc) is 2.12. The number of rotatable bonds is 7. The number of ether oxygens (including phenoxy) is 1. The Bertz CT molecular complexity index is 172. The third-order valence-electron chi connectivity index (χ3n) is 3.32. The van der Waals surface area contributed by atoms with Crippen LogP contribution in [-0.2, 0) is 4.74 Å². The Labute approximate surface area is 102 Å². The summed E-state index contributed by atoms with van der Waals surface area (Å²) in [5, 5.41) is 3.57. The van der Waals surface area contributed by atoms with Gasteiger partial charge in [0, 0.05) is 19.8 Å². The zero-order valence-corrected chi connectivity index (χ0v) is 12.3. The maximum absolute atomic E-state index is 5.18. The molecular weight excluding hydrogens is 198 g/mol. The third-order valence-corrected chi connectivity index (χ3v) is 3.32. The van der Waals surface area contributed by atoms with E-state index in [2.05, 4.69) is 46.9 Å². The first kappa shape index (κ1) is 15.9. The van der Waals surface area contributed by atoms with Crippen molar-refractivity contribution >= 4 is 0 Å². The Morgan fingerprint density at radius 1 is 1.12 bits per heavy atom. The molecule has 1 N–H and O–H groups in total. The monoisotopic (exact) mass is 229 g/mol. The van der Waals surface area contributed by atoms with Gasteiger partial charge < -0.3 is 10.1 Å². The van der Waals surface area contributed by atoms with E-state index >= 15 is 0 Å². The normalized spacial score (nSPS) is 16.5. The molecule has 16 heavy (non-hydrogen) atoms. The van der Waals surface area contributed by atoms with E-state index in [9.17, 15) is 0 Å². The van der Waals surface area contributed by atoms with Crippen molar-refractivity contribution in [3.63, 3.8) is 0 Å². The minimum Gasteiger partial charge on any atom is -0.385 e. The van der Waals surface area contributed by atoms with Crippen molar-refractivity contribution in [3.05, 3.63) is 0 Å². The van der Waals surface area contributed by atoms with E-state index < -0.39 is 0 Å². The molecule has 0 radical (unpaired) electrons. The van der Waals surface area contributed by atoms with E-state index in [0.717, 1.165) is 19.6 Å². The second-order valence-corrected chi connectivity index (χ2v) is 6.29. The maximum Gasteiger partial charge on any atom is 0.0464 e. The Morgan fingerprint density at radius 3 is 2.06 bits per heavy atom. The van der Waals surface area contributed by atoms with E-state index in [1.807, 2.05) is 0 Å². The van der Waals surface area contributed by atoms with Crippen molar-refractivity contribution in [2.45, 2.75) is 54.0 Å². The van der Waals surface area contributed by atoms with Crippen LogP contribution >= 0.6 is 0 Å². The van der Waals surface area contributed by atoms with Crippen LogP contribution in [0.4, 0.5) is 0 Å². The molecule has 0 heterocycles. The summed E-state index contributed by atoms with van der Waals surface area (Å²) in [5.41, 5.74) is 0.356. The second-order valence-electron chi connectivity index (χ2n) is 6.29. The minimum atomic E-state index is 0.356. The van der Waals surface area contributed by atoms with Crippen molar-refractivity contribution in [1.29, 1.82) is 0 Å². The van der Waals surface area contributed by atoms with Crippen LogP contribution in [0.15, 0.2) is 0 Å². The van der Waals surface area contributed by atoms with E-state index in [4.69, 9.17) is 4.74 Å². The van der Waals surface area contributed by atoms with E-state index in [1.54, 1.807) is 7.11 Å². The predicted octanol–water partition coefficient (Wildman–Crippen LogP) is 3.32. The summed E-state index contributed by atoms with van der Waals surface area (Å²) in [5.74, 6) is 1.40. The molecule has 0 amide bonds. The van der Waals surface area contributed by atoms with Gasteiger partial charge in [-0.3, -0.25) is 0 Å². The lowest BCUT2D eigenvalue weighted by Crippen LogP contribution is -2.39. The summed E-state index contributed by atoms with van der Waals surface area (Å²) in [7, 11) is 1.78. The fraction of sp³-hybridized carbons (Fsp3) is 1.00. The summed E-state index contributed by atoms with van der Waals surface area (Å²) in [6, 6.07) is 0.569. The van der Waals surface area contributed by atoms with E-state index in [1.165, 1.54) is 0 Å². The molecule has 2 atom stereocenters. The summed E-state index contributed by atoms with van der Waals surface area (Å²) in [4.78, 5) is 0. The topological polar surface area (TPSA) is 21.3 Å². The molecule has 0 fully saturated rings. The molecule has 0 spiro atoms. The third kappa shape index (κ3) is 6.49. The molecule has 2 nitrogen and oxygen atoms in total. The van der Waals surface area contributed by atoms with Gasteiger partial charge in [0.15, 0.2) is 0 Å². The fourth-order valence-corrected chi connectivity index (χ4v) is 2.23. The zero-order chi connectivity index (χ0) is 12.8. The maximum atomic E-state index is 5.18. The molecule has 0 saturated heterocycles. The number of nitrogens with one attached hydrogen (secondary N) is 1. The second kappa shape index (κ2) is 7.29. The number of methoxy groups -OCH3 is 1. The van der Waals surface area contributed by atoms with Gasteiger partial charge in [-0.1, -0.05) is 41.5 Å². The van der Waals surface area contributed by atoms with Crippen molar-refractivity contribution in [3.8, 4) is 0 Å². The molecule has 0 saturated carbocycles. The average molecular weight is 229 g/mol. The van der Waals surface area contributed by atoms with Crippen LogP contribution in [-0.4, -0.2) is 26.3 Å². The van der Waals surface area contributed by atoms with Crippen molar-refractivity contribution in [2.75, 3.05) is 20.3 Å². The highest BCUT2D eigenvalue weighted by molar-refractivity contribution is 4.80. The Morgan fingerprint density at radius 2 is 1.69 bits per heavy atom. The van der Waals surface area contributed by atoms with Gasteiger partial charge in [0.2, 0.25) is 0 Å². The molecule has 0 aromatic heterocycles. The van der Waals surface area contributed by atoms with Gasteiger partial charge in [-0.05, 0) is 30.2 Å². The van der Waals surface area contributed by atoms with Gasteiger partial charge in [0.25, 0.3) is 0 Å². The van der Waals surface area contributed by atoms with E-state index in [-0.39, 0.29) is 0 Å². The quantitative estimate of drug-likeness (QED) is 0.723. The van der Waals surface area contributed by atoms with Gasteiger partial charge in [-0.15, -0.1) is 0 Å². The van der Waals surface area contributed by atoms with Crippen LogP contribution in [0.5, 0.6) is 0 Å². The lowest BCUT2D eigenvalue weighted by Gasteiger charge is -2.36. The first-order valence-corrected chi connectivity index (χ1v) is 6.51. The minimum absolute atomic E-state index is 0.356. The lowest BCUT2D eigenvalue weighted by molar-refractivity contribution is 0.116. The van der Waals surface area contributed by atoms with Crippen molar-refractivity contribution in [2.24, 2.45) is 17.3 Å². The van der Waals surface area contributed by atoms with Crippen LogP contribution in [0.1, 0.15) is 48.0 Å². The lowest BCUT2D eigenvalue weighted by atomic mass is 9.72. The predicted molar refractivity (Wildman–Crippen MR) is 71.7 cm³/mol. The van der Waals surface area contributed by atoms with Gasteiger partial charge in [0.1, 0.15) is 0 Å². The van der Waals surface area contributed by atoms with Crippen molar-refractivity contribution in [1.82, 2.24) is 5.32 Å². The molecule has 0 aromatic rings. The Hall–Kier alpha value is -0.0800. The summed E-state index contributed by atoms with van der Waals surface area (Å²) in [6.45, 7) is 15.7. The molecule has 0 aliphatic rings. The van der Waals surface area contributed by atoms with Crippen LogP contribution < -0.4 is 5.32 Å². The summed E-state index contributed by atoms with van der Waals surface area (Å²) >= 11 is 0. The molecule has 0 bridgehead atoms. The largest absolute Gasteiger partial charge is 0.385 e. The van der Waals surface area contributed by atoms with Crippen molar-refractivity contribution < 1.29 is 4.74 Å². The van der Waals surface area contributed by atoms with Crippen LogP contribution in [0.2, 0.25) is 0 Å². The Balaban J connectivity index is 4.30. The summed E-state index contributed by atoms with van der Waals surface area (Å²) in [6.07, 6.45) is 1.15. The van der Waals surface area contributed by atoms with Gasteiger partial charge in [-0.2, -0.15) is 0 Å². The summed E-state index contributed by atoms with van der Waals surface area (Å²) < 4.78 is 5.18. The van der Waals surface area contributed by atoms with Gasteiger partial charge >= 0.3 is 0 Å². The highest BCUT2D eigenvalue weighted by Crippen LogP contribution is 2.33. The van der Waals surface area contributed by atoms with Gasteiger partial charge in [0.05, 0.1) is 0 Å². The molecule has 0 aromatic carbocycles. The molecule has 0 rings (SSSR count). The molecule has 0 aliphatic heterocycles. The number of hydrogen-bond acceptors (Lipinski definition) is 2. The van der Waals surface area contributed by atoms with Crippen LogP contribution in [0.3, 0.4) is 0 Å².